The molecule has 2 nitrogen and oxygen atoms in total. The van der Waals surface area contributed by atoms with Gasteiger partial charge in [-0.1, -0.05) is 37.3 Å². The molecule has 0 atom stereocenters. The number of Topliss-reactive ketones (excluding diaryl/α,β-unsaturated/α-hetero) is 1. The van der Waals surface area contributed by atoms with E-state index < -0.39 is 0 Å². The fraction of sp³-hybridized carbons (Fsp3) is 0.400. The molecule has 0 saturated carbocycles. The Morgan fingerprint density at radius 1 is 1.33 bits per heavy atom. The van der Waals surface area contributed by atoms with Gasteiger partial charge in [-0.2, -0.15) is 6.42 Å². The summed E-state index contributed by atoms with van der Waals surface area (Å²) >= 11 is 0. The molecule has 1 aromatic carbocycles. The molecule has 0 heterocycles. The van der Waals surface area contributed by atoms with Crippen LogP contribution < -0.4 is 0 Å². The smallest absolute Gasteiger partial charge is 0.164 e. The van der Waals surface area contributed by atoms with Gasteiger partial charge in [-0.05, 0) is 6.54 Å². The molecule has 0 bridgehead atoms. The number of hydrogen-bond acceptors (Lipinski definition) is 2. The van der Waals surface area contributed by atoms with Crippen molar-refractivity contribution in [3.8, 4) is 0 Å². The Morgan fingerprint density at radius 3 is 2.56 bits per heavy atom. The van der Waals surface area contributed by atoms with Crippen LogP contribution in [-0.4, -0.2) is 30.3 Å². The Balaban J connectivity index is 0.00000289. The minimum atomic E-state index is 0. The second-order valence-corrected chi connectivity index (χ2v) is 4.04. The van der Waals surface area contributed by atoms with Crippen LogP contribution in [0.1, 0.15) is 30.1 Å². The van der Waals surface area contributed by atoms with Crippen LogP contribution in [0.4, 0.5) is 0 Å². The third kappa shape index (κ3) is 6.77. The molecule has 0 spiro atoms. The summed E-state index contributed by atoms with van der Waals surface area (Å²) in [5.41, 5.74) is 0.802. The van der Waals surface area contributed by atoms with Crippen molar-refractivity contribution >= 4 is 5.78 Å². The van der Waals surface area contributed by atoms with Crippen molar-refractivity contribution in [3.63, 3.8) is 0 Å². The van der Waals surface area contributed by atoms with Gasteiger partial charge < -0.3 is 18.2 Å². The summed E-state index contributed by atoms with van der Waals surface area (Å²) in [5, 5.41) is 0. The van der Waals surface area contributed by atoms with E-state index in [1.54, 1.807) is 0 Å². The van der Waals surface area contributed by atoms with Crippen LogP contribution in [0.25, 0.3) is 0 Å². The van der Waals surface area contributed by atoms with E-state index in [-0.39, 0.29) is 38.5 Å². The Morgan fingerprint density at radius 2 is 2.00 bits per heavy atom. The van der Waals surface area contributed by atoms with Crippen LogP contribution in [-0.2, 0) is 32.7 Å². The van der Waals surface area contributed by atoms with E-state index in [9.17, 15) is 4.79 Å². The quantitative estimate of drug-likeness (QED) is 0.542. The Bertz CT molecular complexity index is 327. The molecule has 0 N–H and O–H groups in total. The van der Waals surface area contributed by atoms with Crippen LogP contribution in [0.5, 0.6) is 0 Å². The van der Waals surface area contributed by atoms with Gasteiger partial charge in [-0.3, -0.25) is 4.79 Å². The zero-order chi connectivity index (χ0) is 12.5. The van der Waals surface area contributed by atoms with E-state index in [1.165, 1.54) is 0 Å². The monoisotopic (exact) mass is 320 g/mol. The summed E-state index contributed by atoms with van der Waals surface area (Å²) < 4.78 is 0. The molecule has 0 amide bonds. The average molecular weight is 320 g/mol. The number of ketones is 1. The van der Waals surface area contributed by atoms with Gasteiger partial charge in [0, 0.05) is 44.7 Å². The molecule has 0 aliphatic carbocycles. The summed E-state index contributed by atoms with van der Waals surface area (Å²) in [4.78, 5) is 14.1. The molecule has 1 radical (unpaired) electrons. The second kappa shape index (κ2) is 10.8. The van der Waals surface area contributed by atoms with Gasteiger partial charge in [-0.15, -0.1) is 13.1 Å². The number of carbonyl (C=O) groups excluding carboxylic acids is 1. The predicted molar refractivity (Wildman–Crippen MR) is 71.8 cm³/mol. The molecule has 97 valence electrons. The maximum Gasteiger partial charge on any atom is 0.164 e. The van der Waals surface area contributed by atoms with Crippen molar-refractivity contribution in [2.45, 2.75) is 19.8 Å². The first-order valence-electron chi connectivity index (χ1n) is 6.19. The largest absolute Gasteiger partial charge is 0.362 e. The molecule has 0 aliphatic heterocycles. The number of carbonyl (C=O) groups is 1. The number of hydrogen-bond donors (Lipinski definition) is 0. The van der Waals surface area contributed by atoms with Gasteiger partial charge in [0.25, 0.3) is 0 Å². The van der Waals surface area contributed by atoms with E-state index in [2.05, 4.69) is 25.2 Å². The predicted octanol–water partition coefficient (Wildman–Crippen LogP) is 3.01. The summed E-state index contributed by atoms with van der Waals surface area (Å²) in [6, 6.07) is 9.47. The van der Waals surface area contributed by atoms with E-state index in [1.807, 2.05) is 30.3 Å². The molecule has 1 rings (SSSR count). The third-order valence-electron chi connectivity index (χ3n) is 2.74. The molecular weight excluding hydrogens is 299 g/mol. The van der Waals surface area contributed by atoms with Gasteiger partial charge in [0.2, 0.25) is 0 Å². The van der Waals surface area contributed by atoms with Crippen molar-refractivity contribution < 1.29 is 37.5 Å². The van der Waals surface area contributed by atoms with Gasteiger partial charge >= 0.3 is 0 Å². The Hall–Kier alpha value is -0.0461. The third-order valence-corrected chi connectivity index (χ3v) is 2.74. The van der Waals surface area contributed by atoms with Gasteiger partial charge in [0.15, 0.2) is 5.78 Å². The summed E-state index contributed by atoms with van der Waals surface area (Å²) in [6.45, 7) is 8.46. The van der Waals surface area contributed by atoms with Crippen LogP contribution >= 0.6 is 0 Å². The van der Waals surface area contributed by atoms with Gasteiger partial charge in [-0.25, -0.2) is 0 Å². The van der Waals surface area contributed by atoms with E-state index in [0.717, 1.165) is 31.6 Å². The van der Waals surface area contributed by atoms with Crippen LogP contribution in [0.15, 0.2) is 30.3 Å². The van der Waals surface area contributed by atoms with Crippen LogP contribution in [0, 0.1) is 13.3 Å². The maximum atomic E-state index is 11.9. The molecule has 0 aromatic heterocycles. The first-order chi connectivity index (χ1) is 8.27. The number of unbranched alkanes of at least 4 members (excludes halogenated alkanes) is 1. The normalized spacial score (nSPS) is 10.2. The molecular formula is C15H21NOY-2. The topological polar surface area (TPSA) is 20.3 Å². The Kier molecular flexibility index (Phi) is 10.8. The summed E-state index contributed by atoms with van der Waals surface area (Å²) in [7, 11) is 0. The van der Waals surface area contributed by atoms with Crippen LogP contribution in [0.3, 0.4) is 0 Å². The van der Waals surface area contributed by atoms with Crippen molar-refractivity contribution in [1.29, 1.82) is 0 Å². The van der Waals surface area contributed by atoms with E-state index >= 15 is 0 Å². The number of benzene rings is 1. The average Bonchev–Trinajstić information content (AvgIpc) is 2.39. The summed E-state index contributed by atoms with van der Waals surface area (Å²) in [5.74, 6) is 0.209. The van der Waals surface area contributed by atoms with Crippen molar-refractivity contribution in [3.05, 3.63) is 49.2 Å². The van der Waals surface area contributed by atoms with Gasteiger partial charge in [0.1, 0.15) is 0 Å². The SMILES string of the molecule is [CH2-]CN(C[CH-]CC)CCC(=O)c1ccccc1.[Y]. The van der Waals surface area contributed by atoms with Crippen molar-refractivity contribution in [2.75, 3.05) is 19.6 Å². The number of rotatable bonds is 8. The first-order valence-corrected chi connectivity index (χ1v) is 6.19. The van der Waals surface area contributed by atoms with E-state index in [0.29, 0.717) is 6.42 Å². The fourth-order valence-electron chi connectivity index (χ4n) is 1.63. The summed E-state index contributed by atoms with van der Waals surface area (Å²) in [6.07, 6.45) is 3.83. The zero-order valence-corrected chi connectivity index (χ0v) is 14.0. The second-order valence-electron chi connectivity index (χ2n) is 4.04. The molecule has 0 unspecified atom stereocenters. The molecule has 0 aliphatic rings. The number of nitrogens with zero attached hydrogens (tertiary/aromatic N) is 1. The maximum absolute atomic E-state index is 11.9. The van der Waals surface area contributed by atoms with Crippen LogP contribution in [0.2, 0.25) is 0 Å². The van der Waals surface area contributed by atoms with Crippen molar-refractivity contribution in [2.24, 2.45) is 0 Å². The fourth-order valence-corrected chi connectivity index (χ4v) is 1.63. The molecule has 0 fully saturated rings. The minimum absolute atomic E-state index is 0. The first kappa shape index (κ1) is 18.0. The molecule has 3 heteroatoms. The molecule has 0 saturated heterocycles. The minimum Gasteiger partial charge on any atom is -0.362 e. The zero-order valence-electron chi connectivity index (χ0n) is 11.1. The van der Waals surface area contributed by atoms with Crippen molar-refractivity contribution in [1.82, 2.24) is 4.90 Å². The van der Waals surface area contributed by atoms with E-state index in [4.69, 9.17) is 0 Å². The molecule has 1 aromatic rings. The standard InChI is InChI=1S/C15H21NO.Y/c1-3-5-12-16(4-2)13-11-15(17)14-9-7-6-8-10-14;/h5-10H,2-4,11-13H2,1H3;/q-2;. The van der Waals surface area contributed by atoms with Gasteiger partial charge in [0.05, 0.1) is 0 Å². The Labute approximate surface area is 136 Å². The molecule has 18 heavy (non-hydrogen) atoms.